The van der Waals surface area contributed by atoms with Crippen molar-refractivity contribution in [1.82, 2.24) is 10.6 Å². The van der Waals surface area contributed by atoms with Gasteiger partial charge in [-0.05, 0) is 29.9 Å². The first-order valence-electron chi connectivity index (χ1n) is 10.0. The smallest absolute Gasteiger partial charge is 0.243 e. The molecule has 0 radical (unpaired) electrons. The lowest BCUT2D eigenvalue weighted by Crippen LogP contribution is -2.48. The van der Waals surface area contributed by atoms with Gasteiger partial charge >= 0.3 is 0 Å². The second-order valence-corrected chi connectivity index (χ2v) is 7.57. The number of rotatable bonds is 8. The predicted octanol–water partition coefficient (Wildman–Crippen LogP) is 2.97. The van der Waals surface area contributed by atoms with Gasteiger partial charge in [-0.25, -0.2) is 0 Å². The average Bonchev–Trinajstić information content (AvgIpc) is 3.11. The maximum atomic E-state index is 12.8. The molecule has 0 saturated heterocycles. The molecule has 2 amide bonds. The van der Waals surface area contributed by atoms with Gasteiger partial charge in [0, 0.05) is 25.4 Å². The molecule has 6 heteroatoms. The lowest BCUT2D eigenvalue weighted by atomic mass is 9.99. The molecule has 4 N–H and O–H groups in total. The van der Waals surface area contributed by atoms with Gasteiger partial charge in [0.05, 0.1) is 0 Å². The van der Waals surface area contributed by atoms with Crippen LogP contribution in [0.5, 0.6) is 0 Å². The molecule has 1 fully saturated rings. The number of nitrogens with two attached hydrogens (primary N) is 1. The summed E-state index contributed by atoms with van der Waals surface area (Å²) in [6, 6.07) is 19.0. The third-order valence-corrected chi connectivity index (χ3v) is 5.41. The van der Waals surface area contributed by atoms with E-state index in [1.807, 2.05) is 60.7 Å². The molecular weight excluding hydrogens is 386 g/mol. The molecule has 0 aliphatic heterocycles. The number of halogens is 1. The van der Waals surface area contributed by atoms with Crippen LogP contribution in [0.3, 0.4) is 0 Å². The van der Waals surface area contributed by atoms with Crippen molar-refractivity contribution in [3.63, 3.8) is 0 Å². The molecule has 3 atom stereocenters. The summed E-state index contributed by atoms with van der Waals surface area (Å²) >= 11 is 0. The van der Waals surface area contributed by atoms with Crippen molar-refractivity contribution < 1.29 is 9.59 Å². The molecule has 3 rings (SSSR count). The second-order valence-electron chi connectivity index (χ2n) is 7.57. The van der Waals surface area contributed by atoms with E-state index in [9.17, 15) is 9.59 Å². The highest BCUT2D eigenvalue weighted by atomic mass is 35.5. The SMILES string of the molecule is Cl.N[C@@H]1CCC[C@H]1CC(=O)NC(Cc1ccccc1)C(=O)NCc1ccccc1. The monoisotopic (exact) mass is 415 g/mol. The van der Waals surface area contributed by atoms with E-state index in [1.54, 1.807) is 0 Å². The van der Waals surface area contributed by atoms with Crippen LogP contribution >= 0.6 is 12.4 Å². The molecule has 0 bridgehead atoms. The number of carbonyl (C=O) groups is 2. The van der Waals surface area contributed by atoms with Crippen LogP contribution in [0.2, 0.25) is 0 Å². The van der Waals surface area contributed by atoms with Crippen LogP contribution in [0.4, 0.5) is 0 Å². The first kappa shape index (κ1) is 22.9. The van der Waals surface area contributed by atoms with Gasteiger partial charge in [0.2, 0.25) is 11.8 Å². The van der Waals surface area contributed by atoms with E-state index in [-0.39, 0.29) is 36.2 Å². The Morgan fingerprint density at radius 3 is 2.17 bits per heavy atom. The Balaban J connectivity index is 0.00000300. The van der Waals surface area contributed by atoms with E-state index >= 15 is 0 Å². The molecule has 1 aliphatic rings. The fourth-order valence-corrected chi connectivity index (χ4v) is 3.78. The van der Waals surface area contributed by atoms with Gasteiger partial charge in [-0.1, -0.05) is 67.1 Å². The van der Waals surface area contributed by atoms with Gasteiger partial charge < -0.3 is 16.4 Å². The predicted molar refractivity (Wildman–Crippen MR) is 118 cm³/mol. The van der Waals surface area contributed by atoms with Crippen molar-refractivity contribution in [3.05, 3.63) is 71.8 Å². The molecule has 1 aliphatic carbocycles. The molecule has 0 spiro atoms. The van der Waals surface area contributed by atoms with Gasteiger partial charge in [-0.2, -0.15) is 0 Å². The number of amides is 2. The van der Waals surface area contributed by atoms with E-state index < -0.39 is 6.04 Å². The zero-order valence-corrected chi connectivity index (χ0v) is 17.4. The highest BCUT2D eigenvalue weighted by molar-refractivity contribution is 5.88. The Morgan fingerprint density at radius 1 is 0.966 bits per heavy atom. The first-order chi connectivity index (χ1) is 13.6. The highest BCUT2D eigenvalue weighted by Gasteiger charge is 2.28. The van der Waals surface area contributed by atoms with Crippen LogP contribution in [0.15, 0.2) is 60.7 Å². The largest absolute Gasteiger partial charge is 0.350 e. The van der Waals surface area contributed by atoms with E-state index in [0.29, 0.717) is 19.4 Å². The van der Waals surface area contributed by atoms with Crippen molar-refractivity contribution in [2.24, 2.45) is 11.7 Å². The summed E-state index contributed by atoms with van der Waals surface area (Å²) < 4.78 is 0. The molecule has 0 aromatic heterocycles. The second kappa shape index (κ2) is 11.6. The quantitative estimate of drug-likeness (QED) is 0.619. The first-order valence-corrected chi connectivity index (χ1v) is 10.0. The van der Waals surface area contributed by atoms with Gasteiger partial charge in [0.25, 0.3) is 0 Å². The number of benzene rings is 2. The summed E-state index contributed by atoms with van der Waals surface area (Å²) in [5, 5.41) is 5.89. The normalized spacial score (nSPS) is 19.1. The zero-order chi connectivity index (χ0) is 19.8. The Bertz CT molecular complexity index is 770. The van der Waals surface area contributed by atoms with Crippen molar-refractivity contribution in [2.45, 2.75) is 50.7 Å². The molecular formula is C23H30ClN3O2. The van der Waals surface area contributed by atoms with E-state index in [2.05, 4.69) is 10.6 Å². The van der Waals surface area contributed by atoms with E-state index in [1.165, 1.54) is 0 Å². The van der Waals surface area contributed by atoms with Gasteiger partial charge in [-0.15, -0.1) is 12.4 Å². The van der Waals surface area contributed by atoms with Crippen LogP contribution in [-0.2, 0) is 22.6 Å². The van der Waals surface area contributed by atoms with Crippen LogP contribution in [0.25, 0.3) is 0 Å². The van der Waals surface area contributed by atoms with Gasteiger partial charge in [0.15, 0.2) is 0 Å². The summed E-state index contributed by atoms with van der Waals surface area (Å²) in [5.74, 6) is -0.0559. The fourth-order valence-electron chi connectivity index (χ4n) is 3.78. The maximum absolute atomic E-state index is 12.8. The lowest BCUT2D eigenvalue weighted by Gasteiger charge is -2.21. The average molecular weight is 416 g/mol. The van der Waals surface area contributed by atoms with Crippen molar-refractivity contribution >= 4 is 24.2 Å². The zero-order valence-electron chi connectivity index (χ0n) is 16.6. The standard InChI is InChI=1S/C23H29N3O2.ClH/c24-20-13-7-12-19(20)15-22(27)26-21(14-17-8-3-1-4-9-17)23(28)25-16-18-10-5-2-6-11-18;/h1-6,8-11,19-21H,7,12-16,24H2,(H,25,28)(H,26,27);1H/t19-,20+,21?;/m0./s1. The molecule has 1 unspecified atom stereocenters. The topological polar surface area (TPSA) is 84.2 Å². The van der Waals surface area contributed by atoms with Crippen molar-refractivity contribution in [1.29, 1.82) is 0 Å². The molecule has 29 heavy (non-hydrogen) atoms. The van der Waals surface area contributed by atoms with E-state index in [4.69, 9.17) is 5.73 Å². The molecule has 1 saturated carbocycles. The minimum Gasteiger partial charge on any atom is -0.350 e. The third kappa shape index (κ3) is 7.18. The van der Waals surface area contributed by atoms with Crippen LogP contribution in [0.1, 0.15) is 36.8 Å². The summed E-state index contributed by atoms with van der Waals surface area (Å²) in [7, 11) is 0. The number of carbonyl (C=O) groups excluding carboxylic acids is 2. The van der Waals surface area contributed by atoms with Crippen LogP contribution < -0.4 is 16.4 Å². The minimum atomic E-state index is -0.601. The lowest BCUT2D eigenvalue weighted by molar-refractivity contribution is -0.129. The van der Waals surface area contributed by atoms with Crippen molar-refractivity contribution in [2.75, 3.05) is 0 Å². The highest BCUT2D eigenvalue weighted by Crippen LogP contribution is 2.26. The Morgan fingerprint density at radius 2 is 1.59 bits per heavy atom. The Labute approximate surface area is 178 Å². The van der Waals surface area contributed by atoms with Crippen molar-refractivity contribution in [3.8, 4) is 0 Å². The fraction of sp³-hybridized carbons (Fsp3) is 0.391. The number of hydrogen-bond acceptors (Lipinski definition) is 3. The summed E-state index contributed by atoms with van der Waals surface area (Å²) in [6.45, 7) is 0.439. The summed E-state index contributed by atoms with van der Waals surface area (Å²) in [6.07, 6.45) is 3.88. The minimum absolute atomic E-state index is 0. The molecule has 2 aromatic carbocycles. The Hall–Kier alpha value is -2.37. The third-order valence-electron chi connectivity index (χ3n) is 5.41. The van der Waals surface area contributed by atoms with Crippen LogP contribution in [0, 0.1) is 5.92 Å². The Kier molecular flexibility index (Phi) is 9.16. The van der Waals surface area contributed by atoms with Gasteiger partial charge in [-0.3, -0.25) is 9.59 Å². The molecule has 5 nitrogen and oxygen atoms in total. The molecule has 2 aromatic rings. The molecule has 156 valence electrons. The maximum Gasteiger partial charge on any atom is 0.243 e. The summed E-state index contributed by atoms with van der Waals surface area (Å²) in [5.41, 5.74) is 8.13. The number of hydrogen-bond donors (Lipinski definition) is 3. The van der Waals surface area contributed by atoms with E-state index in [0.717, 1.165) is 30.4 Å². The van der Waals surface area contributed by atoms with Gasteiger partial charge in [0.1, 0.15) is 6.04 Å². The number of nitrogens with one attached hydrogen (secondary N) is 2. The van der Waals surface area contributed by atoms with Crippen LogP contribution in [-0.4, -0.2) is 23.9 Å². The molecule has 0 heterocycles. The summed E-state index contributed by atoms with van der Waals surface area (Å²) in [4.78, 5) is 25.4.